The number of aliphatic hydroxyl groups excluding tert-OH is 1. The molecule has 4 heteroatoms. The van der Waals surface area contributed by atoms with E-state index in [9.17, 15) is 9.90 Å². The van der Waals surface area contributed by atoms with Crippen LogP contribution < -0.4 is 10.6 Å². The Morgan fingerprint density at radius 3 is 2.45 bits per heavy atom. The van der Waals surface area contributed by atoms with Gasteiger partial charge in [-0.2, -0.15) is 0 Å². The number of amides is 2. The van der Waals surface area contributed by atoms with Gasteiger partial charge in [-0.25, -0.2) is 4.79 Å². The molecule has 1 aromatic carbocycles. The maximum atomic E-state index is 11.7. The van der Waals surface area contributed by atoms with Crippen LogP contribution in [0.15, 0.2) is 24.3 Å². The lowest BCUT2D eigenvalue weighted by Crippen LogP contribution is -2.41. The molecule has 0 fully saturated rings. The van der Waals surface area contributed by atoms with Gasteiger partial charge in [-0.05, 0) is 23.5 Å². The zero-order valence-corrected chi connectivity index (χ0v) is 12.6. The summed E-state index contributed by atoms with van der Waals surface area (Å²) in [5.74, 6) is 0.191. The van der Waals surface area contributed by atoms with Gasteiger partial charge in [0.2, 0.25) is 0 Å². The van der Waals surface area contributed by atoms with E-state index in [-0.39, 0.29) is 18.5 Å². The van der Waals surface area contributed by atoms with Gasteiger partial charge < -0.3 is 15.7 Å². The number of benzene rings is 1. The van der Waals surface area contributed by atoms with Crippen molar-refractivity contribution in [3.63, 3.8) is 0 Å². The summed E-state index contributed by atoms with van der Waals surface area (Å²) in [4.78, 5) is 11.7. The highest BCUT2D eigenvalue weighted by Gasteiger charge is 2.13. The van der Waals surface area contributed by atoms with Crippen LogP contribution in [0.4, 0.5) is 4.79 Å². The number of carbonyl (C=O) groups excluding carboxylic acids is 1. The minimum Gasteiger partial charge on any atom is -0.391 e. The lowest BCUT2D eigenvalue weighted by molar-refractivity contribution is 0.114. The highest BCUT2D eigenvalue weighted by molar-refractivity contribution is 5.73. The Kier molecular flexibility index (Phi) is 7.09. The Balaban J connectivity index is 2.36. The van der Waals surface area contributed by atoms with Gasteiger partial charge in [0, 0.05) is 13.1 Å². The summed E-state index contributed by atoms with van der Waals surface area (Å²) < 4.78 is 0. The smallest absolute Gasteiger partial charge is 0.315 e. The first-order chi connectivity index (χ1) is 9.58. The fourth-order valence-electron chi connectivity index (χ4n) is 1.98. The molecule has 0 spiro atoms. The van der Waals surface area contributed by atoms with E-state index < -0.39 is 6.10 Å². The molecule has 0 saturated heterocycles. The lowest BCUT2D eigenvalue weighted by atomic mass is 10.0. The molecule has 1 aromatic rings. The predicted octanol–water partition coefficient (Wildman–Crippen LogP) is 2.46. The third-order valence-corrected chi connectivity index (χ3v) is 3.71. The minimum atomic E-state index is -0.492. The van der Waals surface area contributed by atoms with Crippen LogP contribution in [-0.4, -0.2) is 23.8 Å². The number of aliphatic hydroxyl groups is 1. The van der Waals surface area contributed by atoms with E-state index in [1.54, 1.807) is 0 Å². The Labute approximate surface area is 121 Å². The van der Waals surface area contributed by atoms with Crippen molar-refractivity contribution in [3.8, 4) is 0 Å². The Bertz CT molecular complexity index is 421. The molecule has 0 heterocycles. The topological polar surface area (TPSA) is 61.4 Å². The van der Waals surface area contributed by atoms with Crippen LogP contribution in [0.25, 0.3) is 0 Å². The van der Waals surface area contributed by atoms with Crippen molar-refractivity contribution in [1.29, 1.82) is 0 Å². The number of nitrogens with one attached hydrogen (secondary N) is 2. The summed E-state index contributed by atoms with van der Waals surface area (Å²) in [6.07, 6.45) is 1.36. The summed E-state index contributed by atoms with van der Waals surface area (Å²) in [7, 11) is 0. The van der Waals surface area contributed by atoms with Gasteiger partial charge in [-0.3, -0.25) is 0 Å². The molecule has 0 aliphatic rings. The second-order valence-corrected chi connectivity index (χ2v) is 5.14. The maximum absolute atomic E-state index is 11.7. The number of rotatable bonds is 7. The van der Waals surface area contributed by atoms with Crippen LogP contribution in [0.1, 0.15) is 38.3 Å². The Morgan fingerprint density at radius 2 is 1.85 bits per heavy atom. The van der Waals surface area contributed by atoms with Crippen LogP contribution in [0.2, 0.25) is 0 Å². The Hall–Kier alpha value is -1.55. The lowest BCUT2D eigenvalue weighted by Gasteiger charge is -2.18. The molecule has 3 N–H and O–H groups in total. The first-order valence-corrected chi connectivity index (χ1v) is 7.35. The van der Waals surface area contributed by atoms with Gasteiger partial charge in [0.15, 0.2) is 0 Å². The van der Waals surface area contributed by atoms with Crippen LogP contribution in [0, 0.1) is 5.92 Å². The summed E-state index contributed by atoms with van der Waals surface area (Å²) in [5.41, 5.74) is 2.38. The molecule has 0 aliphatic carbocycles. The zero-order chi connectivity index (χ0) is 15.0. The van der Waals surface area contributed by atoms with Crippen molar-refractivity contribution < 1.29 is 9.90 Å². The highest BCUT2D eigenvalue weighted by Crippen LogP contribution is 2.09. The molecule has 2 atom stereocenters. The Morgan fingerprint density at radius 1 is 1.20 bits per heavy atom. The van der Waals surface area contributed by atoms with Crippen LogP contribution in [0.3, 0.4) is 0 Å². The van der Waals surface area contributed by atoms with E-state index in [1.807, 2.05) is 32.0 Å². The van der Waals surface area contributed by atoms with Crippen LogP contribution in [-0.2, 0) is 13.0 Å². The molecule has 1 rings (SSSR count). The van der Waals surface area contributed by atoms with E-state index in [0.29, 0.717) is 6.54 Å². The fraction of sp³-hybridized carbons (Fsp3) is 0.562. The zero-order valence-electron chi connectivity index (χ0n) is 12.6. The maximum Gasteiger partial charge on any atom is 0.315 e. The van der Waals surface area contributed by atoms with Crippen molar-refractivity contribution in [3.05, 3.63) is 35.4 Å². The van der Waals surface area contributed by atoms with Crippen LogP contribution >= 0.6 is 0 Å². The first kappa shape index (κ1) is 16.5. The van der Waals surface area contributed by atoms with Crippen LogP contribution in [0.5, 0.6) is 0 Å². The average molecular weight is 278 g/mol. The molecular formula is C16H26N2O2. The second kappa shape index (κ2) is 8.59. The average Bonchev–Trinajstić information content (AvgIpc) is 2.49. The molecule has 4 nitrogen and oxygen atoms in total. The second-order valence-electron chi connectivity index (χ2n) is 5.14. The quantitative estimate of drug-likeness (QED) is 0.717. The van der Waals surface area contributed by atoms with Crippen molar-refractivity contribution in [1.82, 2.24) is 10.6 Å². The monoisotopic (exact) mass is 278 g/mol. The molecule has 0 saturated carbocycles. The summed E-state index contributed by atoms with van der Waals surface area (Å²) >= 11 is 0. The highest BCUT2D eigenvalue weighted by atomic mass is 16.3. The van der Waals surface area contributed by atoms with Gasteiger partial charge in [0.25, 0.3) is 0 Å². The molecule has 2 unspecified atom stereocenters. The number of hydrogen-bond donors (Lipinski definition) is 3. The van der Waals surface area contributed by atoms with E-state index in [2.05, 4.69) is 23.6 Å². The minimum absolute atomic E-state index is 0.191. The standard InChI is InChI=1S/C16H26N2O2/c1-4-12(3)15(19)11-18-16(20)17-10-14-9-7-6-8-13(14)5-2/h6-9,12,15,19H,4-5,10-11H2,1-3H3,(H2,17,18,20). The molecule has 0 bridgehead atoms. The summed E-state index contributed by atoms with van der Waals surface area (Å²) in [5, 5.41) is 15.3. The molecule has 2 amide bonds. The van der Waals surface area contributed by atoms with E-state index in [1.165, 1.54) is 5.56 Å². The van der Waals surface area contributed by atoms with Gasteiger partial charge in [0.05, 0.1) is 6.10 Å². The van der Waals surface area contributed by atoms with E-state index in [0.717, 1.165) is 18.4 Å². The first-order valence-electron chi connectivity index (χ1n) is 7.35. The van der Waals surface area contributed by atoms with Crippen molar-refractivity contribution in [2.24, 2.45) is 5.92 Å². The predicted molar refractivity (Wildman–Crippen MR) is 81.5 cm³/mol. The molecule has 0 aromatic heterocycles. The van der Waals surface area contributed by atoms with Crippen molar-refractivity contribution >= 4 is 6.03 Å². The van der Waals surface area contributed by atoms with E-state index >= 15 is 0 Å². The molecule has 0 aliphatic heterocycles. The fourth-order valence-corrected chi connectivity index (χ4v) is 1.98. The number of hydrogen-bond acceptors (Lipinski definition) is 2. The van der Waals surface area contributed by atoms with Crippen molar-refractivity contribution in [2.75, 3.05) is 6.54 Å². The summed E-state index contributed by atoms with van der Waals surface area (Å²) in [6.45, 7) is 6.89. The van der Waals surface area contributed by atoms with Gasteiger partial charge in [0.1, 0.15) is 0 Å². The SMILES string of the molecule is CCc1ccccc1CNC(=O)NCC(O)C(C)CC. The number of carbonyl (C=O) groups is 1. The van der Waals surface area contributed by atoms with Gasteiger partial charge in [-0.1, -0.05) is 51.5 Å². The largest absolute Gasteiger partial charge is 0.391 e. The van der Waals surface area contributed by atoms with Gasteiger partial charge in [-0.15, -0.1) is 0 Å². The van der Waals surface area contributed by atoms with Crippen molar-refractivity contribution in [2.45, 2.75) is 46.3 Å². The third kappa shape index (κ3) is 5.21. The number of aryl methyl sites for hydroxylation is 1. The summed E-state index contributed by atoms with van der Waals surface area (Å²) in [6, 6.07) is 7.83. The molecule has 112 valence electrons. The molecular weight excluding hydrogens is 252 g/mol. The molecule has 0 radical (unpaired) electrons. The molecule has 20 heavy (non-hydrogen) atoms. The van der Waals surface area contributed by atoms with E-state index in [4.69, 9.17) is 0 Å². The number of urea groups is 1. The normalized spacial score (nSPS) is 13.6. The third-order valence-electron chi connectivity index (χ3n) is 3.71. The van der Waals surface area contributed by atoms with Gasteiger partial charge >= 0.3 is 6.03 Å².